The summed E-state index contributed by atoms with van der Waals surface area (Å²) in [4.78, 5) is 0. The molecule has 0 bridgehead atoms. The van der Waals surface area contributed by atoms with Crippen LogP contribution in [0.15, 0.2) is 40.9 Å². The number of fused-ring (bicyclic) bond motifs is 1. The molecule has 1 atom stereocenters. The van der Waals surface area contributed by atoms with Gasteiger partial charge in [-0.05, 0) is 52.7 Å². The van der Waals surface area contributed by atoms with Crippen molar-refractivity contribution in [2.45, 2.75) is 19.4 Å². The van der Waals surface area contributed by atoms with Crippen LogP contribution in [0.4, 0.5) is 10.1 Å². The molecule has 1 unspecified atom stereocenters. The lowest BCUT2D eigenvalue weighted by atomic mass is 10.1. The molecular formula is C16H15BrFNO. The van der Waals surface area contributed by atoms with Gasteiger partial charge in [0.2, 0.25) is 0 Å². The topological polar surface area (TPSA) is 21.3 Å². The van der Waals surface area contributed by atoms with Crippen LogP contribution in [-0.4, -0.2) is 12.6 Å². The van der Waals surface area contributed by atoms with Crippen molar-refractivity contribution in [3.05, 3.63) is 57.8 Å². The van der Waals surface area contributed by atoms with Crippen LogP contribution < -0.4 is 10.1 Å². The van der Waals surface area contributed by atoms with Crippen LogP contribution in [0, 0.1) is 12.7 Å². The summed E-state index contributed by atoms with van der Waals surface area (Å²) in [5, 5.41) is 3.38. The molecule has 0 saturated carbocycles. The summed E-state index contributed by atoms with van der Waals surface area (Å²) < 4.78 is 20.0. The van der Waals surface area contributed by atoms with E-state index < -0.39 is 0 Å². The van der Waals surface area contributed by atoms with Gasteiger partial charge in [0.25, 0.3) is 0 Å². The van der Waals surface area contributed by atoms with E-state index in [1.165, 1.54) is 11.6 Å². The summed E-state index contributed by atoms with van der Waals surface area (Å²) in [5.74, 6) is 0.587. The number of aryl methyl sites for hydroxylation is 1. The fourth-order valence-electron chi connectivity index (χ4n) is 2.41. The van der Waals surface area contributed by atoms with Gasteiger partial charge in [0.15, 0.2) is 0 Å². The summed E-state index contributed by atoms with van der Waals surface area (Å²) in [7, 11) is 0. The normalized spacial score (nSPS) is 16.6. The third-order valence-electron chi connectivity index (χ3n) is 3.48. The van der Waals surface area contributed by atoms with Crippen LogP contribution in [0.3, 0.4) is 0 Å². The summed E-state index contributed by atoms with van der Waals surface area (Å²) in [6.45, 7) is 2.75. The second kappa shape index (κ2) is 5.44. The molecule has 0 aromatic heterocycles. The second-order valence-corrected chi connectivity index (χ2v) is 5.81. The number of nitrogens with one attached hydrogen (secondary N) is 1. The van der Waals surface area contributed by atoms with E-state index in [0.717, 1.165) is 27.9 Å². The van der Waals surface area contributed by atoms with Gasteiger partial charge in [0.1, 0.15) is 17.7 Å². The molecule has 20 heavy (non-hydrogen) atoms. The molecule has 1 N–H and O–H groups in total. The SMILES string of the molecule is Cc1cccc(NCC2Cc3cc(F)ccc3O2)c1Br. The summed E-state index contributed by atoms with van der Waals surface area (Å²) in [6, 6.07) is 10.8. The molecule has 2 aromatic rings. The average Bonchev–Trinajstić information content (AvgIpc) is 2.82. The Hall–Kier alpha value is -1.55. The molecule has 0 spiro atoms. The zero-order valence-electron chi connectivity index (χ0n) is 11.1. The Morgan fingerprint density at radius 3 is 3.05 bits per heavy atom. The van der Waals surface area contributed by atoms with E-state index >= 15 is 0 Å². The van der Waals surface area contributed by atoms with Gasteiger partial charge in [0, 0.05) is 22.1 Å². The lowest BCUT2D eigenvalue weighted by Gasteiger charge is -2.14. The van der Waals surface area contributed by atoms with Gasteiger partial charge in [-0.3, -0.25) is 0 Å². The molecule has 0 aliphatic carbocycles. The largest absolute Gasteiger partial charge is 0.488 e. The fourth-order valence-corrected chi connectivity index (χ4v) is 2.82. The van der Waals surface area contributed by atoms with E-state index in [-0.39, 0.29) is 11.9 Å². The van der Waals surface area contributed by atoms with Gasteiger partial charge < -0.3 is 10.1 Å². The summed E-state index contributed by atoms with van der Waals surface area (Å²) in [6.07, 6.45) is 0.781. The zero-order valence-corrected chi connectivity index (χ0v) is 12.7. The smallest absolute Gasteiger partial charge is 0.123 e. The van der Waals surface area contributed by atoms with Gasteiger partial charge in [-0.1, -0.05) is 12.1 Å². The quantitative estimate of drug-likeness (QED) is 0.902. The highest BCUT2D eigenvalue weighted by Gasteiger charge is 2.23. The Morgan fingerprint density at radius 2 is 2.20 bits per heavy atom. The van der Waals surface area contributed by atoms with E-state index in [0.29, 0.717) is 6.54 Å². The van der Waals surface area contributed by atoms with Crippen LogP contribution in [0.2, 0.25) is 0 Å². The minimum Gasteiger partial charge on any atom is -0.488 e. The first-order valence-electron chi connectivity index (χ1n) is 6.57. The number of rotatable bonds is 3. The van der Waals surface area contributed by atoms with E-state index in [1.54, 1.807) is 12.1 Å². The van der Waals surface area contributed by atoms with Crippen LogP contribution in [0.25, 0.3) is 0 Å². The Labute approximate surface area is 126 Å². The number of halogens is 2. The average molecular weight is 336 g/mol. The maximum absolute atomic E-state index is 13.2. The van der Waals surface area contributed by atoms with Crippen molar-refractivity contribution < 1.29 is 9.13 Å². The number of hydrogen-bond donors (Lipinski definition) is 1. The highest BCUT2D eigenvalue weighted by Crippen LogP contribution is 2.30. The molecular weight excluding hydrogens is 321 g/mol. The van der Waals surface area contributed by atoms with Crippen LogP contribution in [0.1, 0.15) is 11.1 Å². The molecule has 1 heterocycles. The van der Waals surface area contributed by atoms with Crippen molar-refractivity contribution >= 4 is 21.6 Å². The number of hydrogen-bond acceptors (Lipinski definition) is 2. The molecule has 0 fully saturated rings. The van der Waals surface area contributed by atoms with Gasteiger partial charge in [-0.25, -0.2) is 4.39 Å². The van der Waals surface area contributed by atoms with Crippen molar-refractivity contribution in [3.63, 3.8) is 0 Å². The Kier molecular flexibility index (Phi) is 3.66. The molecule has 2 aromatic carbocycles. The van der Waals surface area contributed by atoms with Crippen LogP contribution in [0.5, 0.6) is 5.75 Å². The van der Waals surface area contributed by atoms with Crippen LogP contribution >= 0.6 is 15.9 Å². The van der Waals surface area contributed by atoms with Gasteiger partial charge in [0.05, 0.1) is 6.54 Å². The molecule has 0 radical (unpaired) electrons. The Balaban J connectivity index is 1.65. The highest BCUT2D eigenvalue weighted by molar-refractivity contribution is 9.10. The fraction of sp³-hybridized carbons (Fsp3) is 0.250. The maximum atomic E-state index is 13.2. The highest BCUT2D eigenvalue weighted by atomic mass is 79.9. The lowest BCUT2D eigenvalue weighted by molar-refractivity contribution is 0.246. The Bertz CT molecular complexity index is 644. The number of ether oxygens (including phenoxy) is 1. The lowest BCUT2D eigenvalue weighted by Crippen LogP contribution is -2.24. The molecule has 0 saturated heterocycles. The molecule has 4 heteroatoms. The zero-order chi connectivity index (χ0) is 14.1. The summed E-state index contributed by atoms with van der Waals surface area (Å²) >= 11 is 3.57. The van der Waals surface area contributed by atoms with E-state index in [4.69, 9.17) is 4.74 Å². The Morgan fingerprint density at radius 1 is 1.35 bits per heavy atom. The number of anilines is 1. The minimum absolute atomic E-state index is 0.0409. The minimum atomic E-state index is -0.206. The third kappa shape index (κ3) is 2.66. The van der Waals surface area contributed by atoms with E-state index in [9.17, 15) is 4.39 Å². The van der Waals surface area contributed by atoms with Crippen molar-refractivity contribution in [1.82, 2.24) is 0 Å². The van der Waals surface area contributed by atoms with Gasteiger partial charge in [-0.2, -0.15) is 0 Å². The van der Waals surface area contributed by atoms with Crippen molar-refractivity contribution in [3.8, 4) is 5.75 Å². The van der Waals surface area contributed by atoms with E-state index in [2.05, 4.69) is 34.2 Å². The number of benzene rings is 2. The first kappa shape index (κ1) is 13.4. The molecule has 1 aliphatic rings. The molecule has 104 valence electrons. The molecule has 0 amide bonds. The first-order valence-corrected chi connectivity index (χ1v) is 7.37. The van der Waals surface area contributed by atoms with E-state index in [1.807, 2.05) is 12.1 Å². The molecule has 1 aliphatic heterocycles. The molecule has 3 rings (SSSR count). The van der Waals surface area contributed by atoms with Crippen molar-refractivity contribution in [1.29, 1.82) is 0 Å². The standard InChI is InChI=1S/C16H15BrFNO/c1-10-3-2-4-14(16(10)17)19-9-13-8-11-7-12(18)5-6-15(11)20-13/h2-7,13,19H,8-9H2,1H3. The maximum Gasteiger partial charge on any atom is 0.123 e. The monoisotopic (exact) mass is 335 g/mol. The predicted molar refractivity (Wildman–Crippen MR) is 81.9 cm³/mol. The van der Waals surface area contributed by atoms with Crippen LogP contribution in [-0.2, 0) is 6.42 Å². The second-order valence-electron chi connectivity index (χ2n) is 5.01. The van der Waals surface area contributed by atoms with Crippen molar-refractivity contribution in [2.24, 2.45) is 0 Å². The molecule has 2 nitrogen and oxygen atoms in total. The van der Waals surface area contributed by atoms with Gasteiger partial charge >= 0.3 is 0 Å². The van der Waals surface area contributed by atoms with Crippen molar-refractivity contribution in [2.75, 3.05) is 11.9 Å². The summed E-state index contributed by atoms with van der Waals surface area (Å²) in [5.41, 5.74) is 3.18. The third-order valence-corrected chi connectivity index (χ3v) is 4.53. The predicted octanol–water partition coefficient (Wildman–Crippen LogP) is 4.31. The first-order chi connectivity index (χ1) is 9.63. The van der Waals surface area contributed by atoms with Gasteiger partial charge in [-0.15, -0.1) is 0 Å².